The summed E-state index contributed by atoms with van der Waals surface area (Å²) in [6.45, 7) is 2.31. The molecular formula is C21H19F3N2O2. The molecule has 0 aliphatic rings. The molecule has 28 heavy (non-hydrogen) atoms. The lowest BCUT2D eigenvalue weighted by Gasteiger charge is -2.15. The zero-order valence-corrected chi connectivity index (χ0v) is 15.2. The van der Waals surface area contributed by atoms with Crippen LogP contribution in [0, 0.1) is 0 Å². The third kappa shape index (κ3) is 4.24. The first kappa shape index (κ1) is 19.7. The number of nitrogens with one attached hydrogen (secondary N) is 1. The Kier molecular flexibility index (Phi) is 5.82. The van der Waals surface area contributed by atoms with E-state index in [1.165, 1.54) is 12.3 Å². The summed E-state index contributed by atoms with van der Waals surface area (Å²) in [6, 6.07) is 12.2. The molecule has 0 aliphatic carbocycles. The Balaban J connectivity index is 1.97. The van der Waals surface area contributed by atoms with E-state index in [0.717, 1.165) is 18.9 Å². The van der Waals surface area contributed by atoms with Crippen LogP contribution in [-0.2, 0) is 10.9 Å². The van der Waals surface area contributed by atoms with Gasteiger partial charge in [-0.3, -0.25) is 4.98 Å². The van der Waals surface area contributed by atoms with Crippen LogP contribution in [0.4, 0.5) is 24.5 Å². The number of rotatable bonds is 6. The van der Waals surface area contributed by atoms with E-state index >= 15 is 0 Å². The molecule has 0 saturated carbocycles. The number of unbranched alkanes of at least 4 members (excludes halogenated alkanes) is 1. The van der Waals surface area contributed by atoms with Crippen LogP contribution in [-0.4, -0.2) is 17.6 Å². The molecule has 1 heterocycles. The SMILES string of the molecule is CCCCOC(=O)c1ccccc1Nc1ccnc2c(C(F)(F)F)cccc12. The number of carbonyl (C=O) groups is 1. The van der Waals surface area contributed by atoms with Gasteiger partial charge in [-0.15, -0.1) is 0 Å². The summed E-state index contributed by atoms with van der Waals surface area (Å²) in [5, 5.41) is 3.37. The molecule has 1 aromatic heterocycles. The van der Waals surface area contributed by atoms with Crippen LogP contribution < -0.4 is 5.32 Å². The van der Waals surface area contributed by atoms with Gasteiger partial charge >= 0.3 is 12.1 Å². The number of pyridine rings is 1. The van der Waals surface area contributed by atoms with Crippen molar-refractivity contribution in [3.05, 3.63) is 65.9 Å². The van der Waals surface area contributed by atoms with Crippen molar-refractivity contribution in [3.63, 3.8) is 0 Å². The Labute approximate surface area is 160 Å². The van der Waals surface area contributed by atoms with Gasteiger partial charge in [-0.1, -0.05) is 37.6 Å². The average molecular weight is 388 g/mol. The summed E-state index contributed by atoms with van der Waals surface area (Å²) in [5.74, 6) is -0.481. The Morgan fingerprint density at radius 2 is 1.86 bits per heavy atom. The molecule has 7 heteroatoms. The van der Waals surface area contributed by atoms with Crippen LogP contribution in [0.5, 0.6) is 0 Å². The first-order chi connectivity index (χ1) is 13.4. The number of anilines is 2. The number of halogens is 3. The molecule has 1 N–H and O–H groups in total. The third-order valence-corrected chi connectivity index (χ3v) is 4.22. The van der Waals surface area contributed by atoms with Crippen molar-refractivity contribution >= 4 is 28.2 Å². The van der Waals surface area contributed by atoms with Gasteiger partial charge in [0, 0.05) is 17.3 Å². The van der Waals surface area contributed by atoms with E-state index in [0.29, 0.717) is 28.9 Å². The smallest absolute Gasteiger partial charge is 0.418 e. The molecule has 146 valence electrons. The van der Waals surface area contributed by atoms with Gasteiger partial charge in [0.25, 0.3) is 0 Å². The largest absolute Gasteiger partial charge is 0.462 e. The van der Waals surface area contributed by atoms with E-state index in [9.17, 15) is 18.0 Å². The minimum Gasteiger partial charge on any atom is -0.462 e. The van der Waals surface area contributed by atoms with Crippen molar-refractivity contribution in [3.8, 4) is 0 Å². The Morgan fingerprint density at radius 1 is 1.07 bits per heavy atom. The van der Waals surface area contributed by atoms with Crippen molar-refractivity contribution in [2.45, 2.75) is 25.9 Å². The summed E-state index contributed by atoms with van der Waals surface area (Å²) in [4.78, 5) is 16.3. The Morgan fingerprint density at radius 3 is 2.61 bits per heavy atom. The van der Waals surface area contributed by atoms with E-state index < -0.39 is 17.7 Å². The number of aromatic nitrogens is 1. The normalized spacial score (nSPS) is 11.4. The summed E-state index contributed by atoms with van der Waals surface area (Å²) in [5.41, 5.74) is 0.235. The lowest BCUT2D eigenvalue weighted by Crippen LogP contribution is -2.09. The van der Waals surface area contributed by atoms with Gasteiger partial charge in [-0.25, -0.2) is 4.79 Å². The van der Waals surface area contributed by atoms with Gasteiger partial charge in [0.2, 0.25) is 0 Å². The van der Waals surface area contributed by atoms with Crippen LogP contribution in [0.15, 0.2) is 54.7 Å². The topological polar surface area (TPSA) is 51.2 Å². The highest BCUT2D eigenvalue weighted by molar-refractivity contribution is 6.00. The second-order valence-corrected chi connectivity index (χ2v) is 6.22. The lowest BCUT2D eigenvalue weighted by atomic mass is 10.1. The molecule has 0 radical (unpaired) electrons. The molecule has 3 aromatic rings. The highest BCUT2D eigenvalue weighted by Crippen LogP contribution is 2.36. The standard InChI is InChI=1S/C21H19F3N2O2/c1-2-3-13-28-20(27)15-7-4-5-10-17(15)26-18-11-12-25-19-14(18)8-6-9-16(19)21(22,23)24/h4-12H,2-3,13H2,1H3,(H,25,26). The number of alkyl halides is 3. The van der Waals surface area contributed by atoms with Crippen molar-refractivity contribution in [1.82, 2.24) is 4.98 Å². The minimum absolute atomic E-state index is 0.150. The number of hydrogen-bond donors (Lipinski definition) is 1. The predicted molar refractivity (Wildman–Crippen MR) is 102 cm³/mol. The third-order valence-electron chi connectivity index (χ3n) is 4.22. The van der Waals surface area contributed by atoms with Crippen LogP contribution >= 0.6 is 0 Å². The van der Waals surface area contributed by atoms with E-state index in [-0.39, 0.29) is 5.52 Å². The highest BCUT2D eigenvalue weighted by Gasteiger charge is 2.33. The van der Waals surface area contributed by atoms with E-state index in [4.69, 9.17) is 4.74 Å². The lowest BCUT2D eigenvalue weighted by molar-refractivity contribution is -0.136. The number of hydrogen-bond acceptors (Lipinski definition) is 4. The number of esters is 1. The fourth-order valence-corrected chi connectivity index (χ4v) is 2.82. The summed E-state index contributed by atoms with van der Waals surface area (Å²) in [7, 11) is 0. The van der Waals surface area contributed by atoms with Crippen LogP contribution in [0.25, 0.3) is 10.9 Å². The molecule has 4 nitrogen and oxygen atoms in total. The average Bonchev–Trinajstić information content (AvgIpc) is 2.67. The molecule has 0 fully saturated rings. The maximum atomic E-state index is 13.3. The van der Waals surface area contributed by atoms with Crippen molar-refractivity contribution < 1.29 is 22.7 Å². The molecule has 0 amide bonds. The molecule has 2 aromatic carbocycles. The van der Waals surface area contributed by atoms with Crippen LogP contribution in [0.3, 0.4) is 0 Å². The number of carbonyl (C=O) groups excluding carboxylic acids is 1. The fraction of sp³-hybridized carbons (Fsp3) is 0.238. The summed E-state index contributed by atoms with van der Waals surface area (Å²) < 4.78 is 45.1. The van der Waals surface area contributed by atoms with Gasteiger partial charge in [-0.2, -0.15) is 13.2 Å². The van der Waals surface area contributed by atoms with E-state index in [1.54, 1.807) is 36.4 Å². The van der Waals surface area contributed by atoms with E-state index in [2.05, 4.69) is 10.3 Å². The second-order valence-electron chi connectivity index (χ2n) is 6.22. The summed E-state index contributed by atoms with van der Waals surface area (Å²) >= 11 is 0. The molecule has 3 rings (SSSR count). The van der Waals surface area contributed by atoms with E-state index in [1.807, 2.05) is 6.92 Å². The molecule has 0 atom stereocenters. The van der Waals surface area contributed by atoms with Crippen molar-refractivity contribution in [1.29, 1.82) is 0 Å². The first-order valence-electron chi connectivity index (χ1n) is 8.90. The number of para-hydroxylation sites is 2. The van der Waals surface area contributed by atoms with Gasteiger partial charge in [0.1, 0.15) is 0 Å². The number of fused-ring (bicyclic) bond motifs is 1. The molecule has 0 saturated heterocycles. The summed E-state index contributed by atoms with van der Waals surface area (Å²) in [6.07, 6.45) is -1.54. The zero-order chi connectivity index (χ0) is 20.1. The highest BCUT2D eigenvalue weighted by atomic mass is 19.4. The van der Waals surface area contributed by atoms with Gasteiger partial charge in [0.15, 0.2) is 0 Å². The Hall–Kier alpha value is -3.09. The Bertz CT molecular complexity index is 987. The monoisotopic (exact) mass is 388 g/mol. The van der Waals surface area contributed by atoms with Crippen molar-refractivity contribution in [2.24, 2.45) is 0 Å². The molecule has 0 spiro atoms. The van der Waals surface area contributed by atoms with Gasteiger partial charge in [-0.05, 0) is 30.7 Å². The molecular weight excluding hydrogens is 369 g/mol. The van der Waals surface area contributed by atoms with Gasteiger partial charge in [0.05, 0.1) is 28.9 Å². The second kappa shape index (κ2) is 8.29. The predicted octanol–water partition coefficient (Wildman–Crippen LogP) is 5.95. The minimum atomic E-state index is -4.51. The number of benzene rings is 2. The quantitative estimate of drug-likeness (QED) is 0.418. The fourth-order valence-electron chi connectivity index (χ4n) is 2.82. The maximum Gasteiger partial charge on any atom is 0.418 e. The number of ether oxygens (including phenoxy) is 1. The maximum absolute atomic E-state index is 13.3. The van der Waals surface area contributed by atoms with Gasteiger partial charge < -0.3 is 10.1 Å². The first-order valence-corrected chi connectivity index (χ1v) is 8.90. The number of nitrogens with zero attached hydrogens (tertiary/aromatic N) is 1. The molecule has 0 aliphatic heterocycles. The molecule has 0 bridgehead atoms. The van der Waals surface area contributed by atoms with Crippen LogP contribution in [0.1, 0.15) is 35.7 Å². The van der Waals surface area contributed by atoms with Crippen LogP contribution in [0.2, 0.25) is 0 Å². The zero-order valence-electron chi connectivity index (χ0n) is 15.2. The molecule has 0 unspecified atom stereocenters. The van der Waals surface area contributed by atoms with Crippen molar-refractivity contribution in [2.75, 3.05) is 11.9 Å².